The first-order valence-corrected chi connectivity index (χ1v) is 9.09. The summed E-state index contributed by atoms with van der Waals surface area (Å²) in [6.45, 7) is 6.71. The van der Waals surface area contributed by atoms with Crippen LogP contribution in [0.4, 0.5) is 10.6 Å². The lowest BCUT2D eigenvalue weighted by molar-refractivity contribution is 0.104. The van der Waals surface area contributed by atoms with Crippen LogP contribution < -0.4 is 9.64 Å². The zero-order chi connectivity index (χ0) is 19.6. The molecular formula is C18H22ClN5O3. The molecule has 144 valence electrons. The van der Waals surface area contributed by atoms with Gasteiger partial charge in [0.05, 0.1) is 23.3 Å². The number of piperazine rings is 1. The highest BCUT2D eigenvalue weighted by atomic mass is 35.5. The highest BCUT2D eigenvalue weighted by Crippen LogP contribution is 2.24. The fourth-order valence-electron chi connectivity index (χ4n) is 3.21. The molecule has 0 radical (unpaired) electrons. The largest absolute Gasteiger partial charge is 0.415 e. The topological polar surface area (TPSA) is 91.7 Å². The van der Waals surface area contributed by atoms with Gasteiger partial charge in [0.15, 0.2) is 11.6 Å². The van der Waals surface area contributed by atoms with E-state index < -0.39 is 12.2 Å². The van der Waals surface area contributed by atoms with Crippen LogP contribution in [0.2, 0.25) is 5.02 Å². The summed E-state index contributed by atoms with van der Waals surface area (Å²) in [7, 11) is 0. The summed E-state index contributed by atoms with van der Waals surface area (Å²) in [4.78, 5) is 28.8. The van der Waals surface area contributed by atoms with Gasteiger partial charge >= 0.3 is 6.09 Å². The number of hydrogen-bond acceptors (Lipinski definition) is 7. The average molecular weight is 392 g/mol. The van der Waals surface area contributed by atoms with Gasteiger partial charge in [0.2, 0.25) is 0 Å². The molecular weight excluding hydrogens is 370 g/mol. The normalized spacial score (nSPS) is 21.1. The maximum atomic E-state index is 12.6. The monoisotopic (exact) mass is 391 g/mol. The Labute approximate surface area is 162 Å². The van der Waals surface area contributed by atoms with Crippen molar-refractivity contribution >= 4 is 23.5 Å². The Hall–Kier alpha value is -2.45. The summed E-state index contributed by atoms with van der Waals surface area (Å²) in [5.41, 5.74) is 0. The molecule has 1 N–H and O–H groups in total. The number of pyridine rings is 1. The quantitative estimate of drug-likeness (QED) is 0.859. The summed E-state index contributed by atoms with van der Waals surface area (Å²) < 4.78 is 5.43. The van der Waals surface area contributed by atoms with E-state index in [-0.39, 0.29) is 12.1 Å². The lowest BCUT2D eigenvalue weighted by atomic mass is 10.1. The van der Waals surface area contributed by atoms with Crippen molar-refractivity contribution in [3.63, 3.8) is 0 Å². The molecule has 0 aromatic carbocycles. The molecule has 1 aliphatic heterocycles. The second-order valence-electron chi connectivity index (χ2n) is 6.67. The summed E-state index contributed by atoms with van der Waals surface area (Å²) in [6, 6.07) is 3.16. The summed E-state index contributed by atoms with van der Waals surface area (Å²) in [5.74, 6) is 1.42. The van der Waals surface area contributed by atoms with Gasteiger partial charge in [-0.05, 0) is 26.8 Å². The van der Waals surface area contributed by atoms with Gasteiger partial charge in [-0.15, -0.1) is 0 Å². The molecule has 1 aliphatic rings. The highest BCUT2D eigenvalue weighted by molar-refractivity contribution is 6.30. The lowest BCUT2D eigenvalue weighted by Gasteiger charge is -2.44. The van der Waals surface area contributed by atoms with E-state index >= 15 is 0 Å². The number of anilines is 1. The smallest absolute Gasteiger partial charge is 0.408 e. The summed E-state index contributed by atoms with van der Waals surface area (Å²) in [5, 5.41) is 10.1. The van der Waals surface area contributed by atoms with Crippen LogP contribution in [0.15, 0.2) is 30.7 Å². The average Bonchev–Trinajstić information content (AvgIpc) is 2.61. The van der Waals surface area contributed by atoms with Gasteiger partial charge < -0.3 is 14.7 Å². The number of aromatic nitrogens is 3. The molecule has 0 bridgehead atoms. The van der Waals surface area contributed by atoms with Crippen LogP contribution in [0, 0.1) is 0 Å². The van der Waals surface area contributed by atoms with Crippen molar-refractivity contribution in [3.8, 4) is 5.75 Å². The number of rotatable bonds is 3. The Kier molecular flexibility index (Phi) is 5.76. The van der Waals surface area contributed by atoms with Crippen LogP contribution in [0.5, 0.6) is 5.75 Å². The number of aliphatic hydroxyl groups excluding tert-OH is 1. The van der Waals surface area contributed by atoms with E-state index in [2.05, 4.69) is 19.9 Å². The molecule has 0 aliphatic carbocycles. The van der Waals surface area contributed by atoms with E-state index in [9.17, 15) is 9.90 Å². The molecule has 2 aromatic heterocycles. The minimum absolute atomic E-state index is 0.0987. The minimum Gasteiger partial charge on any atom is -0.408 e. The molecule has 3 rings (SSSR count). The Morgan fingerprint density at radius 2 is 2.04 bits per heavy atom. The number of amides is 1. The first-order chi connectivity index (χ1) is 12.8. The predicted octanol–water partition coefficient (Wildman–Crippen LogP) is 2.68. The van der Waals surface area contributed by atoms with Crippen LogP contribution in [0.3, 0.4) is 0 Å². The van der Waals surface area contributed by atoms with Gasteiger partial charge in [0.1, 0.15) is 11.9 Å². The number of aliphatic hydroxyl groups is 1. The Morgan fingerprint density at radius 1 is 1.33 bits per heavy atom. The van der Waals surface area contributed by atoms with Crippen LogP contribution in [0.1, 0.15) is 32.7 Å². The second-order valence-corrected chi connectivity index (χ2v) is 7.10. The van der Waals surface area contributed by atoms with Gasteiger partial charge in [-0.1, -0.05) is 11.6 Å². The van der Waals surface area contributed by atoms with E-state index in [0.29, 0.717) is 29.7 Å². The maximum absolute atomic E-state index is 12.6. The molecule has 1 amide bonds. The molecule has 1 saturated heterocycles. The van der Waals surface area contributed by atoms with Crippen molar-refractivity contribution in [2.24, 2.45) is 0 Å². The van der Waals surface area contributed by atoms with Crippen LogP contribution in [-0.4, -0.2) is 56.2 Å². The van der Waals surface area contributed by atoms with Crippen LogP contribution in [0.25, 0.3) is 0 Å². The van der Waals surface area contributed by atoms with Crippen molar-refractivity contribution in [3.05, 3.63) is 41.6 Å². The van der Waals surface area contributed by atoms with Crippen molar-refractivity contribution in [2.75, 3.05) is 18.0 Å². The molecule has 2 aromatic rings. The Morgan fingerprint density at radius 3 is 2.67 bits per heavy atom. The van der Waals surface area contributed by atoms with Crippen molar-refractivity contribution < 1.29 is 14.6 Å². The van der Waals surface area contributed by atoms with Crippen LogP contribution >= 0.6 is 11.6 Å². The van der Waals surface area contributed by atoms with E-state index in [4.69, 9.17) is 16.3 Å². The molecule has 27 heavy (non-hydrogen) atoms. The lowest BCUT2D eigenvalue weighted by Crippen LogP contribution is -2.59. The molecule has 8 nitrogen and oxygen atoms in total. The van der Waals surface area contributed by atoms with Gasteiger partial charge in [-0.2, -0.15) is 0 Å². The van der Waals surface area contributed by atoms with E-state index in [1.54, 1.807) is 30.2 Å². The SMILES string of the molecule is C[C@@H]1CN(c2ccnc([C@@H](C)O)n2)C[C@H](C)N1C(=O)Oc1cncc(Cl)c1. The standard InChI is InChI=1S/C18H22ClN5O3/c1-11-9-23(16-4-5-21-17(22-16)13(3)25)10-12(2)24(11)18(26)27-15-6-14(19)7-20-8-15/h4-8,11-13,25H,9-10H2,1-3H3/t11-,12+,13-/m1/s1. The third-order valence-corrected chi connectivity index (χ3v) is 4.58. The number of carbonyl (C=O) groups excluding carboxylic acids is 1. The fraction of sp³-hybridized carbons (Fsp3) is 0.444. The zero-order valence-electron chi connectivity index (χ0n) is 15.4. The molecule has 0 saturated carbocycles. The van der Waals surface area contributed by atoms with Gasteiger partial charge in [0.25, 0.3) is 0 Å². The number of hydrogen-bond donors (Lipinski definition) is 1. The first-order valence-electron chi connectivity index (χ1n) is 8.71. The molecule has 0 spiro atoms. The zero-order valence-corrected chi connectivity index (χ0v) is 16.2. The summed E-state index contributed by atoms with van der Waals surface area (Å²) >= 11 is 5.89. The first kappa shape index (κ1) is 19.3. The van der Waals surface area contributed by atoms with E-state index in [0.717, 1.165) is 5.82 Å². The third kappa shape index (κ3) is 4.45. The van der Waals surface area contributed by atoms with Crippen molar-refractivity contribution in [2.45, 2.75) is 39.0 Å². The van der Waals surface area contributed by atoms with E-state index in [1.807, 2.05) is 13.8 Å². The highest BCUT2D eigenvalue weighted by Gasteiger charge is 2.35. The van der Waals surface area contributed by atoms with Crippen molar-refractivity contribution in [1.29, 1.82) is 0 Å². The number of ether oxygens (including phenoxy) is 1. The second kappa shape index (κ2) is 8.06. The third-order valence-electron chi connectivity index (χ3n) is 4.37. The number of nitrogens with zero attached hydrogens (tertiary/aromatic N) is 5. The molecule has 3 heterocycles. The Balaban J connectivity index is 1.71. The molecule has 0 unspecified atom stereocenters. The number of halogens is 1. The fourth-order valence-corrected chi connectivity index (χ4v) is 3.38. The molecule has 1 fully saturated rings. The van der Waals surface area contributed by atoms with Gasteiger partial charge in [-0.25, -0.2) is 14.8 Å². The van der Waals surface area contributed by atoms with Gasteiger partial charge in [-0.3, -0.25) is 9.88 Å². The summed E-state index contributed by atoms with van der Waals surface area (Å²) in [6.07, 6.45) is 3.39. The molecule has 9 heteroatoms. The number of carbonyl (C=O) groups is 1. The minimum atomic E-state index is -0.734. The van der Waals surface area contributed by atoms with Crippen LogP contribution in [-0.2, 0) is 0 Å². The Bertz CT molecular complexity index is 807. The molecule has 3 atom stereocenters. The van der Waals surface area contributed by atoms with Crippen molar-refractivity contribution in [1.82, 2.24) is 19.9 Å². The van der Waals surface area contributed by atoms with E-state index in [1.165, 1.54) is 12.4 Å². The predicted molar refractivity (Wildman–Crippen MR) is 101 cm³/mol. The van der Waals surface area contributed by atoms with Gasteiger partial charge in [0, 0.05) is 31.5 Å². The maximum Gasteiger partial charge on any atom is 0.415 e.